The Kier molecular flexibility index (Phi) is 9.10. The number of benzene rings is 1. The molecule has 0 atom stereocenters. The highest BCUT2D eigenvalue weighted by molar-refractivity contribution is 7.99. The van der Waals surface area contributed by atoms with Crippen LogP contribution in [0.5, 0.6) is 0 Å². The molecule has 0 bridgehead atoms. The van der Waals surface area contributed by atoms with Gasteiger partial charge >= 0.3 is 0 Å². The number of rotatable bonds is 11. The fourth-order valence-electron chi connectivity index (χ4n) is 3.49. The summed E-state index contributed by atoms with van der Waals surface area (Å²) in [4.78, 5) is 6.66. The van der Waals surface area contributed by atoms with Gasteiger partial charge in [-0.05, 0) is 63.7 Å². The molecule has 2 nitrogen and oxygen atoms in total. The number of likely N-dealkylation sites (N-methyl/N-ethyl adjacent to an activating group) is 1. The monoisotopic (exact) mass is 334 g/mol. The molecule has 130 valence electrons. The van der Waals surface area contributed by atoms with Crippen molar-refractivity contribution in [1.82, 2.24) is 9.80 Å². The highest BCUT2D eigenvalue weighted by atomic mass is 32.2. The van der Waals surface area contributed by atoms with E-state index in [0.29, 0.717) is 0 Å². The van der Waals surface area contributed by atoms with Crippen LogP contribution in [0.25, 0.3) is 0 Å². The molecule has 1 aromatic rings. The predicted molar refractivity (Wildman–Crippen MR) is 103 cm³/mol. The molecule has 0 N–H and O–H groups in total. The Bertz CT molecular complexity index is 403. The van der Waals surface area contributed by atoms with E-state index < -0.39 is 0 Å². The van der Waals surface area contributed by atoms with Gasteiger partial charge in [0.25, 0.3) is 0 Å². The van der Waals surface area contributed by atoms with Crippen molar-refractivity contribution in [3.05, 3.63) is 30.3 Å². The van der Waals surface area contributed by atoms with Crippen molar-refractivity contribution in [3.8, 4) is 0 Å². The molecular weight excluding hydrogens is 300 g/mol. The van der Waals surface area contributed by atoms with E-state index in [1.807, 2.05) is 11.8 Å². The van der Waals surface area contributed by atoms with Gasteiger partial charge in [0, 0.05) is 24.0 Å². The quantitative estimate of drug-likeness (QED) is 0.426. The highest BCUT2D eigenvalue weighted by Gasteiger charge is 2.21. The summed E-state index contributed by atoms with van der Waals surface area (Å²) < 4.78 is 0. The third kappa shape index (κ3) is 7.28. The molecule has 1 aromatic carbocycles. The van der Waals surface area contributed by atoms with Crippen LogP contribution >= 0.6 is 11.8 Å². The van der Waals surface area contributed by atoms with Crippen molar-refractivity contribution in [2.24, 2.45) is 0 Å². The van der Waals surface area contributed by atoms with Gasteiger partial charge in [-0.15, -0.1) is 11.8 Å². The number of thioether (sulfide) groups is 1. The molecule has 1 saturated carbocycles. The van der Waals surface area contributed by atoms with Gasteiger partial charge < -0.3 is 4.90 Å². The van der Waals surface area contributed by atoms with E-state index in [1.54, 1.807) is 0 Å². The third-order valence-corrected chi connectivity index (χ3v) is 5.92. The second-order valence-corrected chi connectivity index (χ2v) is 7.96. The summed E-state index contributed by atoms with van der Waals surface area (Å²) in [7, 11) is 2.28. The summed E-state index contributed by atoms with van der Waals surface area (Å²) in [6.45, 7) is 7.27. The second kappa shape index (κ2) is 11.1. The van der Waals surface area contributed by atoms with Crippen LogP contribution in [0.2, 0.25) is 0 Å². The molecule has 1 fully saturated rings. The standard InChI is InChI=1S/C20H34N2S/c1-3-14-22(19-10-7-8-11-19)17-16-21(2)15-9-18-23-20-12-5-4-6-13-20/h4-6,12-13,19H,3,7-11,14-18H2,1-2H3. The Labute approximate surface area is 147 Å². The average molecular weight is 335 g/mol. The van der Waals surface area contributed by atoms with Crippen LogP contribution in [0.1, 0.15) is 45.4 Å². The third-order valence-electron chi connectivity index (χ3n) is 4.82. The zero-order valence-electron chi connectivity index (χ0n) is 15.0. The lowest BCUT2D eigenvalue weighted by Crippen LogP contribution is -2.39. The minimum absolute atomic E-state index is 0.872. The summed E-state index contributed by atoms with van der Waals surface area (Å²) in [5.41, 5.74) is 0. The van der Waals surface area contributed by atoms with Crippen LogP contribution in [-0.4, -0.2) is 54.8 Å². The van der Waals surface area contributed by atoms with Gasteiger partial charge in [-0.25, -0.2) is 0 Å². The minimum Gasteiger partial charge on any atom is -0.305 e. The van der Waals surface area contributed by atoms with E-state index in [1.165, 1.54) is 75.4 Å². The van der Waals surface area contributed by atoms with Crippen molar-refractivity contribution in [2.45, 2.75) is 56.4 Å². The fourth-order valence-corrected chi connectivity index (χ4v) is 4.34. The Hall–Kier alpha value is -0.510. The van der Waals surface area contributed by atoms with E-state index in [-0.39, 0.29) is 0 Å². The first-order valence-electron chi connectivity index (χ1n) is 9.40. The van der Waals surface area contributed by atoms with Crippen LogP contribution < -0.4 is 0 Å². The Morgan fingerprint density at radius 2 is 1.74 bits per heavy atom. The summed E-state index contributed by atoms with van der Waals surface area (Å²) in [5, 5.41) is 0. The lowest BCUT2D eigenvalue weighted by Gasteiger charge is -2.30. The molecule has 2 rings (SSSR count). The largest absolute Gasteiger partial charge is 0.305 e. The molecule has 0 heterocycles. The molecule has 1 aliphatic carbocycles. The molecule has 3 heteroatoms. The van der Waals surface area contributed by atoms with E-state index >= 15 is 0 Å². The van der Waals surface area contributed by atoms with E-state index in [2.05, 4.69) is 54.1 Å². The molecule has 0 unspecified atom stereocenters. The maximum absolute atomic E-state index is 2.75. The van der Waals surface area contributed by atoms with Gasteiger partial charge in [-0.3, -0.25) is 4.90 Å². The summed E-state index contributed by atoms with van der Waals surface area (Å²) in [5.74, 6) is 1.22. The fraction of sp³-hybridized carbons (Fsp3) is 0.700. The van der Waals surface area contributed by atoms with Crippen LogP contribution in [0.15, 0.2) is 35.2 Å². The molecule has 23 heavy (non-hydrogen) atoms. The number of nitrogens with zero attached hydrogens (tertiary/aromatic N) is 2. The smallest absolute Gasteiger partial charge is 0.0112 e. The maximum Gasteiger partial charge on any atom is 0.0112 e. The van der Waals surface area contributed by atoms with Crippen LogP contribution in [0.3, 0.4) is 0 Å². The van der Waals surface area contributed by atoms with Crippen LogP contribution in [0, 0.1) is 0 Å². The molecule has 0 aliphatic heterocycles. The molecule has 0 saturated heterocycles. The normalized spacial score (nSPS) is 15.8. The predicted octanol–water partition coefficient (Wildman–Crippen LogP) is 4.76. The van der Waals surface area contributed by atoms with Gasteiger partial charge in [0.2, 0.25) is 0 Å². The molecule has 0 spiro atoms. The highest BCUT2D eigenvalue weighted by Crippen LogP contribution is 2.23. The van der Waals surface area contributed by atoms with Crippen LogP contribution in [0.4, 0.5) is 0 Å². The first kappa shape index (κ1) is 18.8. The van der Waals surface area contributed by atoms with Gasteiger partial charge in [0.15, 0.2) is 0 Å². The molecule has 0 aromatic heterocycles. The SMILES string of the molecule is CCCN(CCN(C)CCCSc1ccccc1)C1CCCC1. The van der Waals surface area contributed by atoms with Crippen molar-refractivity contribution in [3.63, 3.8) is 0 Å². The Balaban J connectivity index is 1.58. The zero-order chi connectivity index (χ0) is 16.3. The van der Waals surface area contributed by atoms with Crippen molar-refractivity contribution in [2.75, 3.05) is 39.0 Å². The molecule has 0 amide bonds. The van der Waals surface area contributed by atoms with Crippen molar-refractivity contribution in [1.29, 1.82) is 0 Å². The minimum atomic E-state index is 0.872. The lowest BCUT2D eigenvalue weighted by molar-refractivity contribution is 0.172. The average Bonchev–Trinajstić information content (AvgIpc) is 3.11. The van der Waals surface area contributed by atoms with Crippen LogP contribution in [-0.2, 0) is 0 Å². The summed E-state index contributed by atoms with van der Waals surface area (Å²) in [6.07, 6.45) is 8.30. The van der Waals surface area contributed by atoms with Gasteiger partial charge in [-0.1, -0.05) is 38.0 Å². The summed E-state index contributed by atoms with van der Waals surface area (Å²) >= 11 is 1.98. The summed E-state index contributed by atoms with van der Waals surface area (Å²) in [6, 6.07) is 11.6. The molecular formula is C20H34N2S. The Morgan fingerprint density at radius 1 is 1.00 bits per heavy atom. The topological polar surface area (TPSA) is 6.48 Å². The van der Waals surface area contributed by atoms with E-state index in [9.17, 15) is 0 Å². The second-order valence-electron chi connectivity index (χ2n) is 6.79. The van der Waals surface area contributed by atoms with Gasteiger partial charge in [0.1, 0.15) is 0 Å². The van der Waals surface area contributed by atoms with E-state index in [0.717, 1.165) is 6.04 Å². The molecule has 1 aliphatic rings. The Morgan fingerprint density at radius 3 is 2.43 bits per heavy atom. The van der Waals surface area contributed by atoms with E-state index in [4.69, 9.17) is 0 Å². The van der Waals surface area contributed by atoms with Crippen molar-refractivity contribution >= 4 is 11.8 Å². The maximum atomic E-state index is 2.75. The van der Waals surface area contributed by atoms with Gasteiger partial charge in [-0.2, -0.15) is 0 Å². The number of hydrogen-bond acceptors (Lipinski definition) is 3. The molecule has 0 radical (unpaired) electrons. The first-order chi connectivity index (χ1) is 11.3. The van der Waals surface area contributed by atoms with Gasteiger partial charge in [0.05, 0.1) is 0 Å². The lowest BCUT2D eigenvalue weighted by atomic mass is 10.2. The van der Waals surface area contributed by atoms with Crippen molar-refractivity contribution < 1.29 is 0 Å². The number of hydrogen-bond donors (Lipinski definition) is 0. The first-order valence-corrected chi connectivity index (χ1v) is 10.4. The zero-order valence-corrected chi connectivity index (χ0v) is 15.9.